The van der Waals surface area contributed by atoms with Crippen molar-refractivity contribution in [2.45, 2.75) is 25.6 Å². The van der Waals surface area contributed by atoms with E-state index < -0.39 is 18.6 Å². The second kappa shape index (κ2) is 7.44. The van der Waals surface area contributed by atoms with Crippen LogP contribution in [-0.2, 0) is 4.74 Å². The third-order valence-corrected chi connectivity index (χ3v) is 2.44. The standard InChI is InChI=1S/C13H17F4NO2/c1-9(18)10-3-4-12(11(14)7-10)20-6-2-5-19-8-13(15,16)17/h3-4,7,9H,2,5-6,8,18H2,1H3/t9-/m1/s1. The van der Waals surface area contributed by atoms with E-state index in [2.05, 4.69) is 4.74 Å². The molecule has 0 bridgehead atoms. The van der Waals surface area contributed by atoms with Crippen LogP contribution in [-0.4, -0.2) is 26.0 Å². The van der Waals surface area contributed by atoms with Gasteiger partial charge >= 0.3 is 6.18 Å². The van der Waals surface area contributed by atoms with E-state index in [1.165, 1.54) is 12.1 Å². The molecule has 1 aromatic rings. The van der Waals surface area contributed by atoms with Gasteiger partial charge in [0.05, 0.1) is 13.2 Å². The van der Waals surface area contributed by atoms with E-state index in [0.717, 1.165) is 0 Å². The quantitative estimate of drug-likeness (QED) is 0.620. The Balaban J connectivity index is 2.29. The van der Waals surface area contributed by atoms with Crippen LogP contribution < -0.4 is 10.5 Å². The molecule has 0 fully saturated rings. The first-order valence-electron chi connectivity index (χ1n) is 6.12. The highest BCUT2D eigenvalue weighted by Gasteiger charge is 2.27. The number of halogens is 4. The zero-order valence-electron chi connectivity index (χ0n) is 11.0. The molecule has 0 aliphatic heterocycles. The Labute approximate surface area is 114 Å². The van der Waals surface area contributed by atoms with E-state index in [4.69, 9.17) is 10.5 Å². The maximum absolute atomic E-state index is 13.6. The summed E-state index contributed by atoms with van der Waals surface area (Å²) in [5.41, 5.74) is 6.25. The van der Waals surface area contributed by atoms with Gasteiger partial charge < -0.3 is 15.2 Å². The minimum absolute atomic E-state index is 0.0465. The Kier molecular flexibility index (Phi) is 6.22. The Bertz CT molecular complexity index is 421. The van der Waals surface area contributed by atoms with Gasteiger partial charge in [-0.3, -0.25) is 0 Å². The zero-order chi connectivity index (χ0) is 15.2. The molecule has 0 unspecified atom stereocenters. The Hall–Kier alpha value is -1.34. The fourth-order valence-corrected chi connectivity index (χ4v) is 1.45. The number of hydrogen-bond acceptors (Lipinski definition) is 3. The lowest BCUT2D eigenvalue weighted by Crippen LogP contribution is -2.18. The van der Waals surface area contributed by atoms with Crippen molar-refractivity contribution in [1.82, 2.24) is 0 Å². The molecule has 0 heterocycles. The summed E-state index contributed by atoms with van der Waals surface area (Å²) in [6.07, 6.45) is -4.09. The Morgan fingerprint density at radius 3 is 2.50 bits per heavy atom. The highest BCUT2D eigenvalue weighted by atomic mass is 19.4. The second-order valence-electron chi connectivity index (χ2n) is 4.35. The highest BCUT2D eigenvalue weighted by molar-refractivity contribution is 5.30. The molecular weight excluding hydrogens is 278 g/mol. The molecule has 1 aromatic carbocycles. The third-order valence-electron chi connectivity index (χ3n) is 2.44. The minimum Gasteiger partial charge on any atom is -0.490 e. The highest BCUT2D eigenvalue weighted by Crippen LogP contribution is 2.21. The summed E-state index contributed by atoms with van der Waals surface area (Å²) in [6.45, 7) is 0.420. The maximum Gasteiger partial charge on any atom is 0.411 e. The lowest BCUT2D eigenvalue weighted by Gasteiger charge is -2.11. The van der Waals surface area contributed by atoms with Crippen molar-refractivity contribution in [3.63, 3.8) is 0 Å². The average Bonchev–Trinajstić information content (AvgIpc) is 2.33. The van der Waals surface area contributed by atoms with E-state index in [9.17, 15) is 17.6 Å². The number of ether oxygens (including phenoxy) is 2. The van der Waals surface area contributed by atoms with Crippen LogP contribution in [0.3, 0.4) is 0 Å². The topological polar surface area (TPSA) is 44.5 Å². The van der Waals surface area contributed by atoms with Gasteiger partial charge in [0.25, 0.3) is 0 Å². The SMILES string of the molecule is C[C@@H](N)c1ccc(OCCCOCC(F)(F)F)c(F)c1. The minimum atomic E-state index is -4.33. The van der Waals surface area contributed by atoms with E-state index in [-0.39, 0.29) is 31.4 Å². The third kappa shape index (κ3) is 6.21. The molecule has 0 spiro atoms. The van der Waals surface area contributed by atoms with Gasteiger partial charge in [0.2, 0.25) is 0 Å². The molecule has 0 aromatic heterocycles. The number of rotatable bonds is 7. The van der Waals surface area contributed by atoms with Crippen LogP contribution in [0, 0.1) is 5.82 Å². The monoisotopic (exact) mass is 295 g/mol. The van der Waals surface area contributed by atoms with Crippen LogP contribution in [0.5, 0.6) is 5.75 Å². The van der Waals surface area contributed by atoms with Gasteiger partial charge in [-0.25, -0.2) is 4.39 Å². The predicted molar refractivity (Wildman–Crippen MR) is 66.0 cm³/mol. The van der Waals surface area contributed by atoms with Crippen molar-refractivity contribution in [2.24, 2.45) is 5.73 Å². The Morgan fingerprint density at radius 2 is 1.95 bits per heavy atom. The molecule has 3 nitrogen and oxygen atoms in total. The van der Waals surface area contributed by atoms with Gasteiger partial charge in [-0.1, -0.05) is 6.07 Å². The molecule has 0 aliphatic carbocycles. The summed E-state index contributed by atoms with van der Waals surface area (Å²) in [6, 6.07) is 4.09. The van der Waals surface area contributed by atoms with E-state index in [1.54, 1.807) is 13.0 Å². The molecular formula is C13H17F4NO2. The van der Waals surface area contributed by atoms with Crippen LogP contribution in [0.1, 0.15) is 24.9 Å². The number of nitrogens with two attached hydrogens (primary N) is 1. The summed E-state index contributed by atoms with van der Waals surface area (Å²) in [7, 11) is 0. The summed E-state index contributed by atoms with van der Waals surface area (Å²) in [5.74, 6) is -0.499. The second-order valence-corrected chi connectivity index (χ2v) is 4.35. The zero-order valence-corrected chi connectivity index (χ0v) is 11.0. The van der Waals surface area contributed by atoms with Crippen LogP contribution >= 0.6 is 0 Å². The van der Waals surface area contributed by atoms with Gasteiger partial charge in [0.1, 0.15) is 6.61 Å². The van der Waals surface area contributed by atoms with Crippen LogP contribution in [0.15, 0.2) is 18.2 Å². The van der Waals surface area contributed by atoms with Crippen molar-refractivity contribution >= 4 is 0 Å². The summed E-state index contributed by atoms with van der Waals surface area (Å²) in [4.78, 5) is 0. The maximum atomic E-state index is 13.6. The number of alkyl halides is 3. The van der Waals surface area contributed by atoms with Crippen molar-refractivity contribution in [3.8, 4) is 5.75 Å². The largest absolute Gasteiger partial charge is 0.490 e. The van der Waals surface area contributed by atoms with Gasteiger partial charge in [-0.05, 0) is 24.6 Å². The molecule has 0 saturated heterocycles. The van der Waals surface area contributed by atoms with E-state index in [1.807, 2.05) is 0 Å². The molecule has 1 rings (SSSR count). The molecule has 0 saturated carbocycles. The fraction of sp³-hybridized carbons (Fsp3) is 0.538. The van der Waals surface area contributed by atoms with Crippen molar-refractivity contribution in [1.29, 1.82) is 0 Å². The molecule has 1 atom stereocenters. The molecule has 0 radical (unpaired) electrons. The number of benzene rings is 1. The number of hydrogen-bond donors (Lipinski definition) is 1. The molecule has 7 heteroatoms. The van der Waals surface area contributed by atoms with Crippen molar-refractivity contribution in [3.05, 3.63) is 29.6 Å². The molecule has 0 aliphatic rings. The first-order chi connectivity index (χ1) is 9.29. The molecule has 20 heavy (non-hydrogen) atoms. The van der Waals surface area contributed by atoms with Crippen LogP contribution in [0.2, 0.25) is 0 Å². The van der Waals surface area contributed by atoms with Gasteiger partial charge in [-0.15, -0.1) is 0 Å². The predicted octanol–water partition coefficient (Wildman–Crippen LogP) is 3.19. The first-order valence-corrected chi connectivity index (χ1v) is 6.12. The molecule has 2 N–H and O–H groups in total. The smallest absolute Gasteiger partial charge is 0.411 e. The lowest BCUT2D eigenvalue weighted by molar-refractivity contribution is -0.174. The summed E-state index contributed by atoms with van der Waals surface area (Å²) in [5, 5.41) is 0. The van der Waals surface area contributed by atoms with Crippen molar-refractivity contribution in [2.75, 3.05) is 19.8 Å². The van der Waals surface area contributed by atoms with Crippen LogP contribution in [0.4, 0.5) is 17.6 Å². The molecule has 0 amide bonds. The Morgan fingerprint density at radius 1 is 1.25 bits per heavy atom. The first kappa shape index (κ1) is 16.7. The van der Waals surface area contributed by atoms with E-state index in [0.29, 0.717) is 5.56 Å². The van der Waals surface area contributed by atoms with Crippen molar-refractivity contribution < 1.29 is 27.0 Å². The summed E-state index contributed by atoms with van der Waals surface area (Å²) >= 11 is 0. The van der Waals surface area contributed by atoms with E-state index >= 15 is 0 Å². The summed E-state index contributed by atoms with van der Waals surface area (Å²) < 4.78 is 58.4. The normalized spacial score (nSPS) is 13.3. The fourth-order valence-electron chi connectivity index (χ4n) is 1.45. The molecule has 114 valence electrons. The van der Waals surface area contributed by atoms with Crippen LogP contribution in [0.25, 0.3) is 0 Å². The van der Waals surface area contributed by atoms with Gasteiger partial charge in [0, 0.05) is 12.5 Å². The lowest BCUT2D eigenvalue weighted by atomic mass is 10.1. The van der Waals surface area contributed by atoms with Gasteiger partial charge in [-0.2, -0.15) is 13.2 Å². The van der Waals surface area contributed by atoms with Gasteiger partial charge in [0.15, 0.2) is 11.6 Å². The average molecular weight is 295 g/mol.